The summed E-state index contributed by atoms with van der Waals surface area (Å²) < 4.78 is 6.67. The molecule has 1 saturated heterocycles. The standard InChI is InChI=1S/C32H49NO4S/c1-20(2)11-8-12-21(3)13-9-14-22(4)15-10-17-32(7)18-16-25-26(19-27-30(35)33-31(36)38-27)28(34)23(5)24(6)29(25)37-32/h19-22,34H,8-18H2,1-7H3,(H,33,35,36). The molecule has 1 aromatic carbocycles. The van der Waals surface area contributed by atoms with Crippen LogP contribution >= 0.6 is 11.8 Å². The molecule has 2 aliphatic heterocycles. The van der Waals surface area contributed by atoms with Gasteiger partial charge in [0.25, 0.3) is 11.1 Å². The first-order valence-corrected chi connectivity index (χ1v) is 15.5. The van der Waals surface area contributed by atoms with Gasteiger partial charge in [-0.15, -0.1) is 0 Å². The average molecular weight is 544 g/mol. The highest BCUT2D eigenvalue weighted by Gasteiger charge is 2.35. The van der Waals surface area contributed by atoms with Crippen LogP contribution in [0.15, 0.2) is 4.91 Å². The Morgan fingerprint density at radius 2 is 1.58 bits per heavy atom. The van der Waals surface area contributed by atoms with Gasteiger partial charge in [0.05, 0.1) is 4.91 Å². The number of benzene rings is 1. The first-order chi connectivity index (χ1) is 17.9. The predicted molar refractivity (Wildman–Crippen MR) is 159 cm³/mol. The van der Waals surface area contributed by atoms with Crippen LogP contribution in [-0.2, 0) is 11.2 Å². The number of phenols is 1. The minimum Gasteiger partial charge on any atom is -0.507 e. The summed E-state index contributed by atoms with van der Waals surface area (Å²) in [6, 6.07) is 0. The van der Waals surface area contributed by atoms with Crippen LogP contribution in [0.2, 0.25) is 0 Å². The van der Waals surface area contributed by atoms with Gasteiger partial charge in [-0.1, -0.05) is 72.6 Å². The lowest BCUT2D eigenvalue weighted by Crippen LogP contribution is -2.37. The van der Waals surface area contributed by atoms with Gasteiger partial charge in [0, 0.05) is 11.1 Å². The maximum Gasteiger partial charge on any atom is 0.290 e. The molecule has 0 spiro atoms. The van der Waals surface area contributed by atoms with Crippen LogP contribution in [0.4, 0.5) is 4.79 Å². The average Bonchev–Trinajstić information content (AvgIpc) is 3.16. The Hall–Kier alpha value is -1.95. The number of imide groups is 1. The topological polar surface area (TPSA) is 75.6 Å². The third-order valence-corrected chi connectivity index (χ3v) is 9.37. The number of aromatic hydroxyl groups is 1. The number of fused-ring (bicyclic) bond motifs is 1. The van der Waals surface area contributed by atoms with Crippen molar-refractivity contribution >= 4 is 29.0 Å². The molecule has 0 radical (unpaired) electrons. The van der Waals surface area contributed by atoms with E-state index in [0.29, 0.717) is 10.5 Å². The zero-order valence-corrected chi connectivity index (χ0v) is 25.5. The van der Waals surface area contributed by atoms with Crippen LogP contribution in [-0.4, -0.2) is 21.9 Å². The Kier molecular flexibility index (Phi) is 10.8. The molecule has 0 aromatic heterocycles. The number of carbonyl (C=O) groups excluding carboxylic acids is 2. The van der Waals surface area contributed by atoms with E-state index in [1.807, 2.05) is 13.8 Å². The first kappa shape index (κ1) is 30.6. The second-order valence-corrected chi connectivity index (χ2v) is 13.6. The molecule has 2 N–H and O–H groups in total. The molecule has 6 heteroatoms. The summed E-state index contributed by atoms with van der Waals surface area (Å²) in [5, 5.41) is 12.8. The first-order valence-electron chi connectivity index (χ1n) is 14.7. The quantitative estimate of drug-likeness (QED) is 0.243. The van der Waals surface area contributed by atoms with E-state index < -0.39 is 5.91 Å². The summed E-state index contributed by atoms with van der Waals surface area (Å²) >= 11 is 0.872. The highest BCUT2D eigenvalue weighted by atomic mass is 32.2. The van der Waals surface area contributed by atoms with Crippen LogP contribution in [0.3, 0.4) is 0 Å². The Balaban J connectivity index is 1.55. The molecule has 0 saturated carbocycles. The lowest BCUT2D eigenvalue weighted by molar-refractivity contribution is -0.115. The largest absolute Gasteiger partial charge is 0.507 e. The third-order valence-electron chi connectivity index (χ3n) is 8.56. The van der Waals surface area contributed by atoms with Crippen LogP contribution in [0, 0.1) is 31.6 Å². The maximum absolute atomic E-state index is 12.1. The normalized spacial score (nSPS) is 21.9. The molecule has 2 heterocycles. The SMILES string of the molecule is Cc1c(C)c2c(c(C=C3SC(=O)NC3=O)c1O)CCC(C)(CCCC(C)CCCC(C)CCCC(C)C)O2. The lowest BCUT2D eigenvalue weighted by atomic mass is 9.83. The molecule has 2 amide bonds. The number of carbonyl (C=O) groups is 2. The van der Waals surface area contributed by atoms with Crippen LogP contribution in [0.5, 0.6) is 11.5 Å². The molecule has 2 aliphatic rings. The van der Waals surface area contributed by atoms with Crippen molar-refractivity contribution in [3.63, 3.8) is 0 Å². The molecular weight excluding hydrogens is 494 g/mol. The molecule has 1 fully saturated rings. The number of nitrogens with one attached hydrogen (secondary N) is 1. The van der Waals surface area contributed by atoms with Crippen molar-refractivity contribution < 1.29 is 19.4 Å². The van der Waals surface area contributed by atoms with E-state index in [2.05, 4.69) is 39.9 Å². The van der Waals surface area contributed by atoms with Crippen LogP contribution in [0.1, 0.15) is 121 Å². The Morgan fingerprint density at radius 1 is 0.974 bits per heavy atom. The highest BCUT2D eigenvalue weighted by Crippen LogP contribution is 2.46. The minimum atomic E-state index is -0.414. The molecule has 0 aliphatic carbocycles. The fraction of sp³-hybridized carbons (Fsp3) is 0.688. The molecule has 3 rings (SSSR count). The number of phenolic OH excluding ortho intramolecular Hbond substituents is 1. The molecule has 0 bridgehead atoms. The smallest absolute Gasteiger partial charge is 0.290 e. The van der Waals surface area contributed by atoms with Gasteiger partial charge in [-0.25, -0.2) is 0 Å². The Labute approximate surface area is 234 Å². The van der Waals surface area contributed by atoms with E-state index >= 15 is 0 Å². The number of ether oxygens (including phenoxy) is 1. The van der Waals surface area contributed by atoms with Gasteiger partial charge >= 0.3 is 0 Å². The van der Waals surface area contributed by atoms with E-state index in [0.717, 1.165) is 77.6 Å². The maximum atomic E-state index is 12.1. The summed E-state index contributed by atoms with van der Waals surface area (Å²) in [5.74, 6) is 2.96. The predicted octanol–water partition coefficient (Wildman–Crippen LogP) is 8.86. The third kappa shape index (κ3) is 8.03. The molecular formula is C32H49NO4S. The van der Waals surface area contributed by atoms with Crippen molar-refractivity contribution in [2.24, 2.45) is 17.8 Å². The van der Waals surface area contributed by atoms with Crippen molar-refractivity contribution in [2.45, 2.75) is 125 Å². The number of amides is 2. The molecule has 38 heavy (non-hydrogen) atoms. The lowest BCUT2D eigenvalue weighted by Gasteiger charge is -2.38. The highest BCUT2D eigenvalue weighted by molar-refractivity contribution is 8.18. The van der Waals surface area contributed by atoms with Gasteiger partial charge in [-0.2, -0.15) is 0 Å². The second kappa shape index (κ2) is 13.4. The van der Waals surface area contributed by atoms with Gasteiger partial charge in [0.1, 0.15) is 17.1 Å². The molecule has 5 nitrogen and oxygen atoms in total. The molecule has 1 aromatic rings. The number of hydrogen-bond donors (Lipinski definition) is 2. The zero-order chi connectivity index (χ0) is 28.0. The van der Waals surface area contributed by atoms with Crippen molar-refractivity contribution in [3.05, 3.63) is 27.2 Å². The Morgan fingerprint density at radius 3 is 2.16 bits per heavy atom. The van der Waals surface area contributed by atoms with Gasteiger partial charge in [0.2, 0.25) is 0 Å². The van der Waals surface area contributed by atoms with Gasteiger partial charge in [0.15, 0.2) is 0 Å². The second-order valence-electron chi connectivity index (χ2n) is 12.6. The van der Waals surface area contributed by atoms with E-state index in [1.54, 1.807) is 6.08 Å². The number of rotatable bonds is 13. The summed E-state index contributed by atoms with van der Waals surface area (Å²) in [7, 11) is 0. The summed E-state index contributed by atoms with van der Waals surface area (Å²) in [4.78, 5) is 24.1. The Bertz CT molecular complexity index is 1050. The summed E-state index contributed by atoms with van der Waals surface area (Å²) in [5.41, 5.74) is 2.98. The summed E-state index contributed by atoms with van der Waals surface area (Å²) in [6.45, 7) is 15.5. The number of hydrogen-bond acceptors (Lipinski definition) is 5. The fourth-order valence-electron chi connectivity index (χ4n) is 5.80. The van der Waals surface area contributed by atoms with E-state index in [9.17, 15) is 14.7 Å². The summed E-state index contributed by atoms with van der Waals surface area (Å²) in [6.07, 6.45) is 14.7. The van der Waals surface area contributed by atoms with Crippen molar-refractivity contribution in [1.29, 1.82) is 0 Å². The van der Waals surface area contributed by atoms with Crippen molar-refractivity contribution in [2.75, 3.05) is 0 Å². The van der Waals surface area contributed by atoms with E-state index in [4.69, 9.17) is 4.74 Å². The number of thioether (sulfide) groups is 1. The minimum absolute atomic E-state index is 0.164. The van der Waals surface area contributed by atoms with Crippen LogP contribution < -0.4 is 10.1 Å². The van der Waals surface area contributed by atoms with E-state index in [1.165, 1.54) is 44.9 Å². The molecule has 3 unspecified atom stereocenters. The molecule has 212 valence electrons. The van der Waals surface area contributed by atoms with Crippen LogP contribution in [0.25, 0.3) is 6.08 Å². The monoisotopic (exact) mass is 543 g/mol. The van der Waals surface area contributed by atoms with Crippen molar-refractivity contribution in [3.8, 4) is 11.5 Å². The molecule has 3 atom stereocenters. The van der Waals surface area contributed by atoms with Gasteiger partial charge in [-0.05, 0) is 93.2 Å². The fourth-order valence-corrected chi connectivity index (χ4v) is 6.46. The van der Waals surface area contributed by atoms with Gasteiger partial charge in [-0.3, -0.25) is 14.9 Å². The van der Waals surface area contributed by atoms with E-state index in [-0.39, 0.29) is 16.6 Å². The zero-order valence-electron chi connectivity index (χ0n) is 24.7. The van der Waals surface area contributed by atoms with Crippen molar-refractivity contribution in [1.82, 2.24) is 5.32 Å². The van der Waals surface area contributed by atoms with Gasteiger partial charge < -0.3 is 9.84 Å².